The summed E-state index contributed by atoms with van der Waals surface area (Å²) in [5.74, 6) is 0.977. The van der Waals surface area contributed by atoms with E-state index in [4.69, 9.17) is 9.47 Å². The zero-order valence-corrected chi connectivity index (χ0v) is 13.9. The SMILES string of the molecule is CCCCOc1ccc(OC(=O)c2ccc(CCC)cc2)cc1. The first kappa shape index (κ1) is 17.1. The Morgan fingerprint density at radius 1 is 0.870 bits per heavy atom. The van der Waals surface area contributed by atoms with Crippen molar-refractivity contribution in [3.8, 4) is 11.5 Å². The number of hydrogen-bond acceptors (Lipinski definition) is 3. The minimum absolute atomic E-state index is 0.340. The van der Waals surface area contributed by atoms with E-state index < -0.39 is 0 Å². The molecule has 0 aliphatic heterocycles. The molecule has 0 radical (unpaired) electrons. The molecule has 0 saturated heterocycles. The maximum Gasteiger partial charge on any atom is 0.343 e. The molecule has 0 atom stereocenters. The lowest BCUT2D eigenvalue weighted by molar-refractivity contribution is 0.0734. The van der Waals surface area contributed by atoms with Gasteiger partial charge in [0.05, 0.1) is 12.2 Å². The third-order valence-corrected chi connectivity index (χ3v) is 3.53. The number of aryl methyl sites for hydroxylation is 1. The molecule has 23 heavy (non-hydrogen) atoms. The molecule has 0 spiro atoms. The van der Waals surface area contributed by atoms with Gasteiger partial charge in [0.2, 0.25) is 0 Å². The first-order chi connectivity index (χ1) is 11.2. The van der Waals surface area contributed by atoms with Crippen molar-refractivity contribution in [3.05, 3.63) is 59.7 Å². The van der Waals surface area contributed by atoms with E-state index in [0.717, 1.165) is 31.4 Å². The molecule has 3 nitrogen and oxygen atoms in total. The molecule has 122 valence electrons. The fourth-order valence-corrected chi connectivity index (χ4v) is 2.20. The maximum absolute atomic E-state index is 12.1. The largest absolute Gasteiger partial charge is 0.494 e. The van der Waals surface area contributed by atoms with Crippen molar-refractivity contribution in [2.75, 3.05) is 6.61 Å². The molecule has 0 unspecified atom stereocenters. The number of ether oxygens (including phenoxy) is 2. The summed E-state index contributed by atoms with van der Waals surface area (Å²) in [4.78, 5) is 12.1. The zero-order chi connectivity index (χ0) is 16.5. The van der Waals surface area contributed by atoms with Gasteiger partial charge in [-0.2, -0.15) is 0 Å². The van der Waals surface area contributed by atoms with E-state index in [1.807, 2.05) is 36.4 Å². The van der Waals surface area contributed by atoms with Crippen LogP contribution in [0.1, 0.15) is 49.0 Å². The van der Waals surface area contributed by atoms with Crippen molar-refractivity contribution >= 4 is 5.97 Å². The highest BCUT2D eigenvalue weighted by molar-refractivity contribution is 5.91. The van der Waals surface area contributed by atoms with Gasteiger partial charge >= 0.3 is 5.97 Å². The smallest absolute Gasteiger partial charge is 0.343 e. The fourth-order valence-electron chi connectivity index (χ4n) is 2.20. The quantitative estimate of drug-likeness (QED) is 0.389. The number of carbonyl (C=O) groups excluding carboxylic acids is 1. The van der Waals surface area contributed by atoms with E-state index in [1.165, 1.54) is 5.56 Å². The lowest BCUT2D eigenvalue weighted by Crippen LogP contribution is -2.08. The summed E-state index contributed by atoms with van der Waals surface area (Å²) < 4.78 is 11.0. The van der Waals surface area contributed by atoms with Crippen LogP contribution in [-0.2, 0) is 6.42 Å². The maximum atomic E-state index is 12.1. The second-order valence-corrected chi connectivity index (χ2v) is 5.51. The van der Waals surface area contributed by atoms with Crippen molar-refractivity contribution in [2.24, 2.45) is 0 Å². The molecule has 0 amide bonds. The highest BCUT2D eigenvalue weighted by Gasteiger charge is 2.08. The van der Waals surface area contributed by atoms with Gasteiger partial charge in [0.1, 0.15) is 11.5 Å². The number of unbranched alkanes of at least 4 members (excludes halogenated alkanes) is 1. The van der Waals surface area contributed by atoms with E-state index in [9.17, 15) is 4.79 Å². The van der Waals surface area contributed by atoms with Crippen LogP contribution in [0.15, 0.2) is 48.5 Å². The lowest BCUT2D eigenvalue weighted by Gasteiger charge is -2.08. The number of hydrogen-bond donors (Lipinski definition) is 0. The summed E-state index contributed by atoms with van der Waals surface area (Å²) in [6.45, 7) is 4.97. The molecule has 0 aliphatic carbocycles. The molecule has 0 saturated carbocycles. The Morgan fingerprint density at radius 2 is 1.52 bits per heavy atom. The summed E-state index contributed by atoms with van der Waals surface area (Å²) in [6.07, 6.45) is 4.25. The molecule has 2 rings (SSSR count). The van der Waals surface area contributed by atoms with Crippen LogP contribution < -0.4 is 9.47 Å². The normalized spacial score (nSPS) is 10.3. The van der Waals surface area contributed by atoms with Crippen LogP contribution in [0.4, 0.5) is 0 Å². The van der Waals surface area contributed by atoms with Crippen LogP contribution in [0, 0.1) is 0 Å². The van der Waals surface area contributed by atoms with Gasteiger partial charge in [-0.3, -0.25) is 0 Å². The topological polar surface area (TPSA) is 35.5 Å². The summed E-state index contributed by atoms with van der Waals surface area (Å²) in [5.41, 5.74) is 1.80. The monoisotopic (exact) mass is 312 g/mol. The summed E-state index contributed by atoms with van der Waals surface area (Å²) in [7, 11) is 0. The van der Waals surface area contributed by atoms with Crippen molar-refractivity contribution in [3.63, 3.8) is 0 Å². The minimum Gasteiger partial charge on any atom is -0.494 e. The van der Waals surface area contributed by atoms with Crippen LogP contribution in [-0.4, -0.2) is 12.6 Å². The number of rotatable bonds is 8. The third-order valence-electron chi connectivity index (χ3n) is 3.53. The molecule has 0 bridgehead atoms. The summed E-state index contributed by atoms with van der Waals surface area (Å²) in [5, 5.41) is 0. The number of carbonyl (C=O) groups is 1. The Hall–Kier alpha value is -2.29. The zero-order valence-electron chi connectivity index (χ0n) is 13.9. The van der Waals surface area contributed by atoms with Gasteiger partial charge in [-0.15, -0.1) is 0 Å². The van der Waals surface area contributed by atoms with E-state index >= 15 is 0 Å². The average molecular weight is 312 g/mol. The second kappa shape index (κ2) is 8.99. The number of esters is 1. The van der Waals surface area contributed by atoms with Crippen molar-refractivity contribution < 1.29 is 14.3 Å². The highest BCUT2D eigenvalue weighted by atomic mass is 16.5. The first-order valence-corrected chi connectivity index (χ1v) is 8.27. The van der Waals surface area contributed by atoms with E-state index in [2.05, 4.69) is 13.8 Å². The van der Waals surface area contributed by atoms with Crippen LogP contribution >= 0.6 is 0 Å². The summed E-state index contributed by atoms with van der Waals surface area (Å²) in [6, 6.07) is 14.7. The van der Waals surface area contributed by atoms with Gasteiger partial charge in [-0.25, -0.2) is 4.79 Å². The molecular weight excluding hydrogens is 288 g/mol. The molecule has 0 aromatic heterocycles. The standard InChI is InChI=1S/C20H24O3/c1-3-5-15-22-18-11-13-19(14-12-18)23-20(21)17-9-7-16(6-4-2)8-10-17/h7-14H,3-6,15H2,1-2H3. The minimum atomic E-state index is -0.340. The van der Waals surface area contributed by atoms with E-state index in [-0.39, 0.29) is 5.97 Å². The Labute approximate surface area is 138 Å². The van der Waals surface area contributed by atoms with E-state index in [1.54, 1.807) is 12.1 Å². The Kier molecular flexibility index (Phi) is 6.67. The van der Waals surface area contributed by atoms with Crippen LogP contribution in [0.25, 0.3) is 0 Å². The van der Waals surface area contributed by atoms with Crippen molar-refractivity contribution in [1.82, 2.24) is 0 Å². The Balaban J connectivity index is 1.91. The molecule has 3 heteroatoms. The predicted octanol–water partition coefficient (Wildman–Crippen LogP) is 5.04. The molecule has 2 aromatic rings. The molecule has 0 heterocycles. The number of benzene rings is 2. The molecule has 0 aliphatic rings. The fraction of sp³-hybridized carbons (Fsp3) is 0.350. The lowest BCUT2D eigenvalue weighted by atomic mass is 10.1. The Morgan fingerprint density at radius 3 is 2.13 bits per heavy atom. The summed E-state index contributed by atoms with van der Waals surface area (Å²) >= 11 is 0. The molecule has 0 fully saturated rings. The molecule has 2 aromatic carbocycles. The first-order valence-electron chi connectivity index (χ1n) is 8.27. The van der Waals surface area contributed by atoms with Gasteiger partial charge in [0, 0.05) is 0 Å². The van der Waals surface area contributed by atoms with Gasteiger partial charge in [0.15, 0.2) is 0 Å². The van der Waals surface area contributed by atoms with E-state index in [0.29, 0.717) is 17.9 Å². The van der Waals surface area contributed by atoms with Gasteiger partial charge < -0.3 is 9.47 Å². The molecular formula is C20H24O3. The second-order valence-electron chi connectivity index (χ2n) is 5.51. The van der Waals surface area contributed by atoms with Gasteiger partial charge in [-0.1, -0.05) is 38.8 Å². The predicted molar refractivity (Wildman–Crippen MR) is 92.2 cm³/mol. The third kappa shape index (κ3) is 5.44. The van der Waals surface area contributed by atoms with Crippen LogP contribution in [0.5, 0.6) is 11.5 Å². The Bertz CT molecular complexity index is 600. The molecule has 0 N–H and O–H groups in total. The van der Waals surface area contributed by atoms with Crippen molar-refractivity contribution in [2.45, 2.75) is 39.5 Å². The average Bonchev–Trinajstić information content (AvgIpc) is 2.57. The highest BCUT2D eigenvalue weighted by Crippen LogP contribution is 2.19. The van der Waals surface area contributed by atoms with Gasteiger partial charge in [0.25, 0.3) is 0 Å². The van der Waals surface area contributed by atoms with Crippen LogP contribution in [0.3, 0.4) is 0 Å². The van der Waals surface area contributed by atoms with Gasteiger partial charge in [-0.05, 0) is 54.8 Å². The van der Waals surface area contributed by atoms with Crippen LogP contribution in [0.2, 0.25) is 0 Å². The van der Waals surface area contributed by atoms with Crippen molar-refractivity contribution in [1.29, 1.82) is 0 Å².